The van der Waals surface area contributed by atoms with Crippen molar-refractivity contribution in [3.8, 4) is 5.75 Å². The smallest absolute Gasteiger partial charge is 0.168 e. The van der Waals surface area contributed by atoms with Gasteiger partial charge in [0.25, 0.3) is 0 Å². The number of hydrogen-bond acceptors (Lipinski definition) is 3. The van der Waals surface area contributed by atoms with Crippen LogP contribution in [0.2, 0.25) is 0 Å². The van der Waals surface area contributed by atoms with Crippen LogP contribution in [-0.2, 0) is 6.42 Å². The standard InChI is InChI=1S/C15H22F2N2O/c1-18-6-8-19(9-7-18)5-3-4-12-10-13(16)11-14(17)15(12)20-2/h10-11H,3-9H2,1-2H3. The molecule has 1 fully saturated rings. The zero-order chi connectivity index (χ0) is 14.5. The quantitative estimate of drug-likeness (QED) is 0.824. The Kier molecular flexibility index (Phi) is 5.31. The van der Waals surface area contributed by atoms with Crippen molar-refractivity contribution in [2.24, 2.45) is 0 Å². The molecule has 0 radical (unpaired) electrons. The molecule has 0 amide bonds. The second-order valence-corrected chi connectivity index (χ2v) is 5.33. The van der Waals surface area contributed by atoms with E-state index >= 15 is 0 Å². The van der Waals surface area contributed by atoms with Crippen molar-refractivity contribution >= 4 is 0 Å². The third kappa shape index (κ3) is 3.90. The summed E-state index contributed by atoms with van der Waals surface area (Å²) in [4.78, 5) is 4.70. The number of methoxy groups -OCH3 is 1. The van der Waals surface area contributed by atoms with Crippen molar-refractivity contribution in [1.29, 1.82) is 0 Å². The summed E-state index contributed by atoms with van der Waals surface area (Å²) >= 11 is 0. The van der Waals surface area contributed by atoms with Crippen molar-refractivity contribution < 1.29 is 13.5 Å². The number of rotatable bonds is 5. The van der Waals surface area contributed by atoms with Crippen LogP contribution in [-0.4, -0.2) is 56.7 Å². The lowest BCUT2D eigenvalue weighted by Gasteiger charge is -2.32. The highest BCUT2D eigenvalue weighted by atomic mass is 19.1. The molecule has 112 valence electrons. The molecular formula is C15H22F2N2O. The number of aryl methyl sites for hydroxylation is 1. The molecule has 0 saturated carbocycles. The monoisotopic (exact) mass is 284 g/mol. The molecule has 20 heavy (non-hydrogen) atoms. The van der Waals surface area contributed by atoms with Gasteiger partial charge in [0, 0.05) is 37.8 Å². The lowest BCUT2D eigenvalue weighted by atomic mass is 10.1. The zero-order valence-electron chi connectivity index (χ0n) is 12.2. The molecule has 0 aliphatic carbocycles. The maximum absolute atomic E-state index is 13.6. The fourth-order valence-corrected chi connectivity index (χ4v) is 2.59. The van der Waals surface area contributed by atoms with Gasteiger partial charge in [-0.05, 0) is 32.5 Å². The number of nitrogens with zero attached hydrogens (tertiary/aromatic N) is 2. The molecule has 0 aromatic heterocycles. The van der Waals surface area contributed by atoms with Crippen LogP contribution in [0.5, 0.6) is 5.75 Å². The van der Waals surface area contributed by atoms with E-state index in [0.29, 0.717) is 12.0 Å². The maximum atomic E-state index is 13.6. The van der Waals surface area contributed by atoms with Crippen molar-refractivity contribution in [3.05, 3.63) is 29.3 Å². The average Bonchev–Trinajstić information content (AvgIpc) is 2.40. The molecule has 3 nitrogen and oxygen atoms in total. The summed E-state index contributed by atoms with van der Waals surface area (Å²) < 4.78 is 31.8. The van der Waals surface area contributed by atoms with Gasteiger partial charge in [-0.25, -0.2) is 8.78 Å². The third-order valence-electron chi connectivity index (χ3n) is 3.81. The summed E-state index contributed by atoms with van der Waals surface area (Å²) in [5, 5.41) is 0. The molecule has 0 unspecified atom stereocenters. The fourth-order valence-electron chi connectivity index (χ4n) is 2.59. The number of hydrogen-bond donors (Lipinski definition) is 0. The second-order valence-electron chi connectivity index (χ2n) is 5.33. The van der Waals surface area contributed by atoms with Crippen LogP contribution in [0.4, 0.5) is 8.78 Å². The Bertz CT molecular complexity index is 446. The SMILES string of the molecule is COc1c(F)cc(F)cc1CCCN1CCN(C)CC1. The first kappa shape index (κ1) is 15.2. The van der Waals surface area contributed by atoms with E-state index in [1.807, 2.05) is 0 Å². The largest absolute Gasteiger partial charge is 0.493 e. The Morgan fingerprint density at radius 3 is 2.50 bits per heavy atom. The van der Waals surface area contributed by atoms with Gasteiger partial charge in [-0.3, -0.25) is 0 Å². The summed E-state index contributed by atoms with van der Waals surface area (Å²) in [6.45, 7) is 5.24. The minimum absolute atomic E-state index is 0.171. The minimum Gasteiger partial charge on any atom is -0.493 e. The Morgan fingerprint density at radius 2 is 1.85 bits per heavy atom. The van der Waals surface area contributed by atoms with Crippen LogP contribution < -0.4 is 4.74 Å². The Balaban J connectivity index is 1.87. The number of benzene rings is 1. The predicted octanol–water partition coefficient (Wildman–Crippen LogP) is 2.15. The van der Waals surface area contributed by atoms with Crippen LogP contribution in [0, 0.1) is 11.6 Å². The Hall–Kier alpha value is -1.20. The number of ether oxygens (including phenoxy) is 1. The first-order chi connectivity index (χ1) is 9.60. The van der Waals surface area contributed by atoms with E-state index < -0.39 is 11.6 Å². The summed E-state index contributed by atoms with van der Waals surface area (Å²) in [6.07, 6.45) is 1.51. The van der Waals surface area contributed by atoms with Crippen LogP contribution in [0.25, 0.3) is 0 Å². The van der Waals surface area contributed by atoms with E-state index in [0.717, 1.165) is 45.2 Å². The van der Waals surface area contributed by atoms with Gasteiger partial charge in [-0.15, -0.1) is 0 Å². The second kappa shape index (κ2) is 6.99. The zero-order valence-corrected chi connectivity index (χ0v) is 12.2. The van der Waals surface area contributed by atoms with Crippen molar-refractivity contribution in [2.75, 3.05) is 46.9 Å². The normalized spacial score (nSPS) is 17.4. The third-order valence-corrected chi connectivity index (χ3v) is 3.81. The van der Waals surface area contributed by atoms with E-state index in [1.165, 1.54) is 13.2 Å². The first-order valence-electron chi connectivity index (χ1n) is 7.03. The molecule has 1 aromatic rings. The highest BCUT2D eigenvalue weighted by Gasteiger charge is 2.15. The molecule has 0 N–H and O–H groups in total. The van der Waals surface area contributed by atoms with Crippen LogP contribution in [0.3, 0.4) is 0 Å². The van der Waals surface area contributed by atoms with E-state index in [1.54, 1.807) is 0 Å². The number of likely N-dealkylation sites (N-methyl/N-ethyl adjacent to an activating group) is 1. The van der Waals surface area contributed by atoms with Gasteiger partial charge in [0.05, 0.1) is 7.11 Å². The molecule has 1 saturated heterocycles. The van der Waals surface area contributed by atoms with Gasteiger partial charge in [0.2, 0.25) is 0 Å². The van der Waals surface area contributed by atoms with Gasteiger partial charge in [0.1, 0.15) is 5.82 Å². The molecule has 0 bridgehead atoms. The molecule has 1 heterocycles. The van der Waals surface area contributed by atoms with Crippen LogP contribution >= 0.6 is 0 Å². The lowest BCUT2D eigenvalue weighted by Crippen LogP contribution is -2.44. The lowest BCUT2D eigenvalue weighted by molar-refractivity contribution is 0.153. The van der Waals surface area contributed by atoms with Gasteiger partial charge >= 0.3 is 0 Å². The molecule has 1 aliphatic rings. The van der Waals surface area contributed by atoms with E-state index in [9.17, 15) is 8.78 Å². The number of halogens is 2. The summed E-state index contributed by atoms with van der Waals surface area (Å²) in [5.74, 6) is -0.996. The molecular weight excluding hydrogens is 262 g/mol. The van der Waals surface area contributed by atoms with Crippen molar-refractivity contribution in [2.45, 2.75) is 12.8 Å². The molecule has 0 atom stereocenters. The fraction of sp³-hybridized carbons (Fsp3) is 0.600. The molecule has 1 aromatic carbocycles. The topological polar surface area (TPSA) is 15.7 Å². The van der Waals surface area contributed by atoms with E-state index in [4.69, 9.17) is 4.74 Å². The Labute approximate surface area is 119 Å². The van der Waals surface area contributed by atoms with Crippen LogP contribution in [0.1, 0.15) is 12.0 Å². The van der Waals surface area contributed by atoms with Crippen molar-refractivity contribution in [1.82, 2.24) is 9.80 Å². The average molecular weight is 284 g/mol. The van der Waals surface area contributed by atoms with Gasteiger partial charge < -0.3 is 14.5 Å². The minimum atomic E-state index is -0.623. The van der Waals surface area contributed by atoms with Gasteiger partial charge in [-0.1, -0.05) is 0 Å². The maximum Gasteiger partial charge on any atom is 0.168 e. The summed E-state index contributed by atoms with van der Waals surface area (Å²) in [6, 6.07) is 2.23. The van der Waals surface area contributed by atoms with Crippen molar-refractivity contribution in [3.63, 3.8) is 0 Å². The highest BCUT2D eigenvalue weighted by molar-refractivity contribution is 5.35. The predicted molar refractivity (Wildman–Crippen MR) is 75.2 cm³/mol. The van der Waals surface area contributed by atoms with E-state index in [-0.39, 0.29) is 5.75 Å². The van der Waals surface area contributed by atoms with Gasteiger partial charge in [-0.2, -0.15) is 0 Å². The highest BCUT2D eigenvalue weighted by Crippen LogP contribution is 2.25. The molecule has 1 aliphatic heterocycles. The number of piperazine rings is 1. The summed E-state index contributed by atoms with van der Waals surface area (Å²) in [7, 11) is 3.54. The molecule has 0 spiro atoms. The Morgan fingerprint density at radius 1 is 1.15 bits per heavy atom. The van der Waals surface area contributed by atoms with Crippen LogP contribution in [0.15, 0.2) is 12.1 Å². The molecule has 5 heteroatoms. The molecule has 2 rings (SSSR count). The summed E-state index contributed by atoms with van der Waals surface area (Å²) in [5.41, 5.74) is 0.610. The van der Waals surface area contributed by atoms with E-state index in [2.05, 4.69) is 16.8 Å². The first-order valence-corrected chi connectivity index (χ1v) is 7.03. The van der Waals surface area contributed by atoms with Gasteiger partial charge in [0.15, 0.2) is 11.6 Å².